The van der Waals surface area contributed by atoms with Crippen molar-refractivity contribution in [2.45, 2.75) is 33.2 Å². The van der Waals surface area contributed by atoms with Crippen molar-refractivity contribution < 1.29 is 9.90 Å². The van der Waals surface area contributed by atoms with E-state index in [4.69, 9.17) is 0 Å². The van der Waals surface area contributed by atoms with Crippen LogP contribution in [0, 0.1) is 5.41 Å². The summed E-state index contributed by atoms with van der Waals surface area (Å²) < 4.78 is 1.06. The van der Waals surface area contributed by atoms with E-state index in [2.05, 4.69) is 26.9 Å². The second kappa shape index (κ2) is 7.06. The molecule has 0 aliphatic heterocycles. The van der Waals surface area contributed by atoms with Gasteiger partial charge in [0.15, 0.2) is 0 Å². The monoisotopic (exact) mass is 327 g/mol. The Hall–Kier alpha value is -0.870. The fourth-order valence-corrected chi connectivity index (χ4v) is 2.78. The van der Waals surface area contributed by atoms with E-state index in [-0.39, 0.29) is 0 Å². The second-order valence-corrected chi connectivity index (χ2v) is 6.23. The van der Waals surface area contributed by atoms with Crippen molar-refractivity contribution in [3.05, 3.63) is 34.3 Å². The summed E-state index contributed by atoms with van der Waals surface area (Å²) >= 11 is 3.52. The van der Waals surface area contributed by atoms with Gasteiger partial charge in [0, 0.05) is 17.6 Å². The Morgan fingerprint density at radius 2 is 2.05 bits per heavy atom. The van der Waals surface area contributed by atoms with Crippen LogP contribution in [0.2, 0.25) is 0 Å². The Morgan fingerprint density at radius 1 is 1.42 bits per heavy atom. The predicted octanol–water partition coefficient (Wildman–Crippen LogP) is 3.77. The number of hydrogen-bond acceptors (Lipinski definition) is 2. The summed E-state index contributed by atoms with van der Waals surface area (Å²) in [7, 11) is 1.97. The first-order valence-electron chi connectivity index (χ1n) is 6.54. The van der Waals surface area contributed by atoms with Crippen LogP contribution >= 0.6 is 15.9 Å². The topological polar surface area (TPSA) is 40.5 Å². The van der Waals surface area contributed by atoms with Crippen molar-refractivity contribution in [2.24, 2.45) is 5.41 Å². The molecular weight excluding hydrogens is 306 g/mol. The third-order valence-electron chi connectivity index (χ3n) is 3.34. The number of halogens is 1. The summed E-state index contributed by atoms with van der Waals surface area (Å²) in [6, 6.07) is 8.03. The molecule has 1 aromatic carbocycles. The fraction of sp³-hybridized carbons (Fsp3) is 0.533. The molecule has 1 unspecified atom stereocenters. The van der Waals surface area contributed by atoms with Gasteiger partial charge < -0.3 is 10.0 Å². The van der Waals surface area contributed by atoms with E-state index in [1.165, 1.54) is 5.56 Å². The van der Waals surface area contributed by atoms with Gasteiger partial charge in [-0.05, 0) is 32.0 Å². The van der Waals surface area contributed by atoms with Crippen LogP contribution in [0.25, 0.3) is 0 Å². The van der Waals surface area contributed by atoms with Gasteiger partial charge in [-0.3, -0.25) is 4.79 Å². The third kappa shape index (κ3) is 4.62. The first kappa shape index (κ1) is 16.2. The Morgan fingerprint density at radius 3 is 2.58 bits per heavy atom. The highest BCUT2D eigenvalue weighted by Gasteiger charge is 2.33. The molecule has 0 spiro atoms. The van der Waals surface area contributed by atoms with E-state index in [0.717, 1.165) is 17.4 Å². The predicted molar refractivity (Wildman–Crippen MR) is 81.1 cm³/mol. The van der Waals surface area contributed by atoms with Gasteiger partial charge in [-0.25, -0.2) is 0 Å². The first-order chi connectivity index (χ1) is 8.89. The fourth-order valence-electron chi connectivity index (χ4n) is 2.37. The van der Waals surface area contributed by atoms with Crippen molar-refractivity contribution in [2.75, 3.05) is 13.6 Å². The number of carboxylic acids is 1. The average Bonchev–Trinajstić information content (AvgIpc) is 2.32. The third-order valence-corrected chi connectivity index (χ3v) is 4.11. The Balaban J connectivity index is 2.71. The van der Waals surface area contributed by atoms with Crippen LogP contribution in [0.5, 0.6) is 0 Å². The highest BCUT2D eigenvalue weighted by Crippen LogP contribution is 2.26. The van der Waals surface area contributed by atoms with Gasteiger partial charge in [-0.15, -0.1) is 0 Å². The number of rotatable bonds is 7. The number of hydrogen-bond donors (Lipinski definition) is 1. The van der Waals surface area contributed by atoms with E-state index in [0.29, 0.717) is 13.0 Å². The lowest BCUT2D eigenvalue weighted by Gasteiger charge is -2.30. The second-order valence-electron chi connectivity index (χ2n) is 5.38. The van der Waals surface area contributed by atoms with Crippen molar-refractivity contribution in [3.63, 3.8) is 0 Å². The van der Waals surface area contributed by atoms with E-state index in [1.807, 2.05) is 39.1 Å². The summed E-state index contributed by atoms with van der Waals surface area (Å²) in [4.78, 5) is 13.5. The molecule has 0 bridgehead atoms. The summed E-state index contributed by atoms with van der Waals surface area (Å²) in [5.41, 5.74) is 0.499. The minimum absolute atomic E-state index is 0.553. The lowest BCUT2D eigenvalue weighted by molar-refractivity contribution is -0.149. The van der Waals surface area contributed by atoms with Crippen molar-refractivity contribution >= 4 is 21.9 Å². The highest BCUT2D eigenvalue weighted by molar-refractivity contribution is 9.10. The molecule has 1 aromatic rings. The Bertz CT molecular complexity index is 436. The van der Waals surface area contributed by atoms with Gasteiger partial charge in [-0.2, -0.15) is 0 Å². The maximum Gasteiger partial charge on any atom is 0.310 e. The molecule has 0 aromatic heterocycles. The standard InChI is InChI=1S/C15H22BrNO2/c1-4-9-15(2,14(18)19)11-17(3)10-12-7-5-6-8-13(12)16/h5-8H,4,9-11H2,1-3H3,(H,18,19). The van der Waals surface area contributed by atoms with Gasteiger partial charge >= 0.3 is 5.97 Å². The molecule has 1 atom stereocenters. The molecule has 0 saturated carbocycles. The number of aliphatic carboxylic acids is 1. The van der Waals surface area contributed by atoms with Gasteiger partial charge in [0.25, 0.3) is 0 Å². The molecule has 0 aliphatic carbocycles. The van der Waals surface area contributed by atoms with Crippen LogP contribution in [-0.2, 0) is 11.3 Å². The number of nitrogens with zero attached hydrogens (tertiary/aromatic N) is 1. The number of carbonyl (C=O) groups is 1. The summed E-state index contributed by atoms with van der Waals surface area (Å²) in [6.07, 6.45) is 1.58. The SMILES string of the molecule is CCCC(C)(CN(C)Cc1ccccc1Br)C(=O)O. The lowest BCUT2D eigenvalue weighted by atomic mass is 9.85. The van der Waals surface area contributed by atoms with Crippen molar-refractivity contribution in [1.29, 1.82) is 0 Å². The Kier molecular flexibility index (Phi) is 6.01. The molecule has 1 N–H and O–H groups in total. The normalized spacial score (nSPS) is 14.4. The number of benzene rings is 1. The average molecular weight is 328 g/mol. The minimum atomic E-state index is -0.715. The molecule has 4 heteroatoms. The quantitative estimate of drug-likeness (QED) is 0.828. The molecule has 0 aliphatic rings. The van der Waals surface area contributed by atoms with Gasteiger partial charge in [0.05, 0.1) is 5.41 Å². The van der Waals surface area contributed by atoms with Gasteiger partial charge in [-0.1, -0.05) is 47.5 Å². The maximum atomic E-state index is 11.4. The molecule has 3 nitrogen and oxygen atoms in total. The van der Waals surface area contributed by atoms with Crippen molar-refractivity contribution in [3.8, 4) is 0 Å². The molecule has 0 saturated heterocycles. The highest BCUT2D eigenvalue weighted by atomic mass is 79.9. The Labute approximate surface area is 123 Å². The van der Waals surface area contributed by atoms with Crippen LogP contribution in [0.3, 0.4) is 0 Å². The van der Waals surface area contributed by atoms with Crippen molar-refractivity contribution in [1.82, 2.24) is 4.90 Å². The molecule has 0 radical (unpaired) electrons. The van der Waals surface area contributed by atoms with Crippen LogP contribution < -0.4 is 0 Å². The molecule has 106 valence electrons. The van der Waals surface area contributed by atoms with Crippen LogP contribution in [0.1, 0.15) is 32.3 Å². The summed E-state index contributed by atoms with van der Waals surface area (Å²) in [5.74, 6) is -0.715. The van der Waals surface area contributed by atoms with Gasteiger partial charge in [0.1, 0.15) is 0 Å². The van der Waals surface area contributed by atoms with Crippen LogP contribution in [0.4, 0.5) is 0 Å². The van der Waals surface area contributed by atoms with Crippen LogP contribution in [-0.4, -0.2) is 29.6 Å². The van der Waals surface area contributed by atoms with E-state index >= 15 is 0 Å². The van der Waals surface area contributed by atoms with Gasteiger partial charge in [0.2, 0.25) is 0 Å². The lowest BCUT2D eigenvalue weighted by Crippen LogP contribution is -2.39. The molecule has 0 fully saturated rings. The maximum absolute atomic E-state index is 11.4. The number of carboxylic acid groups (broad SMARTS) is 1. The minimum Gasteiger partial charge on any atom is -0.481 e. The van der Waals surface area contributed by atoms with Crippen LogP contribution in [0.15, 0.2) is 28.7 Å². The summed E-state index contributed by atoms with van der Waals surface area (Å²) in [5, 5.41) is 9.40. The molecule has 19 heavy (non-hydrogen) atoms. The first-order valence-corrected chi connectivity index (χ1v) is 7.33. The molecule has 1 rings (SSSR count). The molecular formula is C15H22BrNO2. The molecule has 0 heterocycles. The zero-order chi connectivity index (χ0) is 14.5. The van der Waals surface area contributed by atoms with E-state index in [9.17, 15) is 9.90 Å². The zero-order valence-corrected chi connectivity index (χ0v) is 13.4. The summed E-state index contributed by atoms with van der Waals surface area (Å²) in [6.45, 7) is 5.15. The van der Waals surface area contributed by atoms with E-state index in [1.54, 1.807) is 0 Å². The largest absolute Gasteiger partial charge is 0.481 e. The van der Waals surface area contributed by atoms with E-state index < -0.39 is 11.4 Å². The molecule has 0 amide bonds. The zero-order valence-electron chi connectivity index (χ0n) is 11.8. The smallest absolute Gasteiger partial charge is 0.310 e.